The number of nitrogens with one attached hydrogen (secondary N) is 2. The zero-order valence-corrected chi connectivity index (χ0v) is 12.6. The lowest BCUT2D eigenvalue weighted by molar-refractivity contribution is -0.121. The summed E-state index contributed by atoms with van der Waals surface area (Å²) in [5.74, 6) is 0.690. The lowest BCUT2D eigenvalue weighted by Crippen LogP contribution is -2.30. The van der Waals surface area contributed by atoms with Crippen molar-refractivity contribution in [2.75, 3.05) is 32.1 Å². The maximum atomic E-state index is 12.0. The smallest absolute Gasteiger partial charge is 0.240 e. The third kappa shape index (κ3) is 3.95. The monoisotopic (exact) mass is 290 g/mol. The Bertz CT molecular complexity index is 594. The molecule has 0 saturated heterocycles. The van der Waals surface area contributed by atoms with Gasteiger partial charge in [0, 0.05) is 20.2 Å². The largest absolute Gasteiger partial charge is 0.383 e. The van der Waals surface area contributed by atoms with Crippen LogP contribution in [0.5, 0.6) is 0 Å². The molecule has 2 rings (SSSR count). The standard InChI is InChI=1S/C15H22N4O2/c1-3-8-17-15-18-12-6-4-5-7-13(12)19(15)11-14(20)16-9-10-21-2/h4-7H,3,8-11H2,1-2H3,(H,16,20)(H,17,18). The molecule has 0 atom stereocenters. The highest BCUT2D eigenvalue weighted by Gasteiger charge is 2.12. The minimum Gasteiger partial charge on any atom is -0.383 e. The predicted molar refractivity (Wildman–Crippen MR) is 83.4 cm³/mol. The number of para-hydroxylation sites is 2. The molecule has 114 valence electrons. The van der Waals surface area contributed by atoms with Crippen molar-refractivity contribution in [3.8, 4) is 0 Å². The number of aromatic nitrogens is 2. The van der Waals surface area contributed by atoms with E-state index in [1.54, 1.807) is 7.11 Å². The number of fused-ring (bicyclic) bond motifs is 1. The van der Waals surface area contributed by atoms with Crippen LogP contribution in [0, 0.1) is 0 Å². The van der Waals surface area contributed by atoms with Gasteiger partial charge in [-0.2, -0.15) is 0 Å². The average Bonchev–Trinajstić information content (AvgIpc) is 2.83. The molecule has 2 aromatic rings. The first-order valence-corrected chi connectivity index (χ1v) is 7.21. The normalized spacial score (nSPS) is 10.8. The van der Waals surface area contributed by atoms with Crippen LogP contribution in [0.2, 0.25) is 0 Å². The van der Waals surface area contributed by atoms with Crippen LogP contribution < -0.4 is 10.6 Å². The molecule has 6 heteroatoms. The Morgan fingerprint density at radius 1 is 1.33 bits per heavy atom. The summed E-state index contributed by atoms with van der Waals surface area (Å²) in [7, 11) is 1.61. The van der Waals surface area contributed by atoms with Gasteiger partial charge in [0.05, 0.1) is 17.6 Å². The Balaban J connectivity index is 2.17. The van der Waals surface area contributed by atoms with E-state index in [9.17, 15) is 4.79 Å². The van der Waals surface area contributed by atoms with Gasteiger partial charge >= 0.3 is 0 Å². The average molecular weight is 290 g/mol. The van der Waals surface area contributed by atoms with Crippen molar-refractivity contribution >= 4 is 22.9 Å². The van der Waals surface area contributed by atoms with Gasteiger partial charge in [-0.1, -0.05) is 19.1 Å². The van der Waals surface area contributed by atoms with Gasteiger partial charge < -0.3 is 19.9 Å². The number of amides is 1. The highest BCUT2D eigenvalue weighted by molar-refractivity contribution is 5.83. The molecule has 0 aliphatic carbocycles. The van der Waals surface area contributed by atoms with E-state index in [2.05, 4.69) is 22.5 Å². The number of imidazole rings is 1. The zero-order chi connectivity index (χ0) is 15.1. The van der Waals surface area contributed by atoms with E-state index in [0.717, 1.165) is 29.9 Å². The van der Waals surface area contributed by atoms with E-state index in [4.69, 9.17) is 4.74 Å². The number of nitrogens with zero attached hydrogens (tertiary/aromatic N) is 2. The van der Waals surface area contributed by atoms with E-state index >= 15 is 0 Å². The Morgan fingerprint density at radius 2 is 2.14 bits per heavy atom. The van der Waals surface area contributed by atoms with Crippen LogP contribution in [0.1, 0.15) is 13.3 Å². The number of hydrogen-bond acceptors (Lipinski definition) is 4. The molecule has 0 unspecified atom stereocenters. The maximum absolute atomic E-state index is 12.0. The number of methoxy groups -OCH3 is 1. The SMILES string of the molecule is CCCNc1nc2ccccc2n1CC(=O)NCCOC. The molecule has 0 radical (unpaired) electrons. The summed E-state index contributed by atoms with van der Waals surface area (Å²) in [6, 6.07) is 7.82. The van der Waals surface area contributed by atoms with Crippen molar-refractivity contribution in [1.82, 2.24) is 14.9 Å². The maximum Gasteiger partial charge on any atom is 0.240 e. The molecule has 0 fully saturated rings. The summed E-state index contributed by atoms with van der Waals surface area (Å²) < 4.78 is 6.84. The second-order valence-corrected chi connectivity index (χ2v) is 4.78. The van der Waals surface area contributed by atoms with Crippen molar-refractivity contribution in [1.29, 1.82) is 0 Å². The van der Waals surface area contributed by atoms with Gasteiger partial charge in [-0.05, 0) is 18.6 Å². The fraction of sp³-hybridized carbons (Fsp3) is 0.467. The van der Waals surface area contributed by atoms with Crippen LogP contribution in [-0.2, 0) is 16.1 Å². The van der Waals surface area contributed by atoms with Crippen LogP contribution >= 0.6 is 0 Å². The molecule has 0 bridgehead atoms. The molecule has 21 heavy (non-hydrogen) atoms. The molecular formula is C15H22N4O2. The Kier molecular flexibility index (Phi) is 5.57. The molecule has 1 amide bonds. The number of anilines is 1. The molecule has 1 aromatic carbocycles. The quantitative estimate of drug-likeness (QED) is 0.725. The molecular weight excluding hydrogens is 268 g/mol. The van der Waals surface area contributed by atoms with Crippen LogP contribution in [-0.4, -0.2) is 42.3 Å². The van der Waals surface area contributed by atoms with E-state index in [1.807, 2.05) is 28.8 Å². The van der Waals surface area contributed by atoms with E-state index in [0.29, 0.717) is 13.2 Å². The van der Waals surface area contributed by atoms with Gasteiger partial charge in [0.1, 0.15) is 6.54 Å². The number of rotatable bonds is 8. The second kappa shape index (κ2) is 7.64. The van der Waals surface area contributed by atoms with Crippen molar-refractivity contribution in [2.45, 2.75) is 19.9 Å². The molecule has 2 N–H and O–H groups in total. The molecule has 1 aromatic heterocycles. The first kappa shape index (κ1) is 15.3. The lowest BCUT2D eigenvalue weighted by Gasteiger charge is -2.10. The minimum absolute atomic E-state index is 0.0465. The summed E-state index contributed by atoms with van der Waals surface area (Å²) in [6.45, 7) is 4.19. The van der Waals surface area contributed by atoms with Gasteiger partial charge in [0.2, 0.25) is 11.9 Å². The summed E-state index contributed by atoms with van der Waals surface area (Å²) in [5, 5.41) is 6.10. The minimum atomic E-state index is -0.0465. The van der Waals surface area contributed by atoms with Crippen molar-refractivity contribution in [3.05, 3.63) is 24.3 Å². The molecule has 0 aliphatic rings. The van der Waals surface area contributed by atoms with Gasteiger partial charge in [0.15, 0.2) is 0 Å². The highest BCUT2D eigenvalue weighted by atomic mass is 16.5. The number of carbonyl (C=O) groups excluding carboxylic acids is 1. The van der Waals surface area contributed by atoms with Crippen LogP contribution in [0.3, 0.4) is 0 Å². The fourth-order valence-electron chi connectivity index (χ4n) is 2.10. The molecule has 0 aliphatic heterocycles. The lowest BCUT2D eigenvalue weighted by atomic mass is 10.3. The van der Waals surface area contributed by atoms with E-state index in [-0.39, 0.29) is 12.5 Å². The van der Waals surface area contributed by atoms with E-state index < -0.39 is 0 Å². The van der Waals surface area contributed by atoms with Gasteiger partial charge in [-0.3, -0.25) is 4.79 Å². The predicted octanol–water partition coefficient (Wildman–Crippen LogP) is 1.62. The Hall–Kier alpha value is -2.08. The number of benzene rings is 1. The molecule has 0 saturated carbocycles. The Morgan fingerprint density at radius 3 is 2.90 bits per heavy atom. The molecule has 6 nitrogen and oxygen atoms in total. The summed E-state index contributed by atoms with van der Waals surface area (Å²) in [5.41, 5.74) is 1.85. The van der Waals surface area contributed by atoms with Crippen LogP contribution in [0.15, 0.2) is 24.3 Å². The van der Waals surface area contributed by atoms with Gasteiger partial charge in [0.25, 0.3) is 0 Å². The van der Waals surface area contributed by atoms with Crippen molar-refractivity contribution < 1.29 is 9.53 Å². The second-order valence-electron chi connectivity index (χ2n) is 4.78. The summed E-state index contributed by atoms with van der Waals surface area (Å²) in [6.07, 6.45) is 1.00. The third-order valence-corrected chi connectivity index (χ3v) is 3.12. The fourth-order valence-corrected chi connectivity index (χ4v) is 2.10. The molecule has 0 spiro atoms. The first-order valence-electron chi connectivity index (χ1n) is 7.21. The summed E-state index contributed by atoms with van der Waals surface area (Å²) >= 11 is 0. The Labute approximate surface area is 124 Å². The van der Waals surface area contributed by atoms with Crippen molar-refractivity contribution in [3.63, 3.8) is 0 Å². The third-order valence-electron chi connectivity index (χ3n) is 3.12. The number of carbonyl (C=O) groups is 1. The number of hydrogen-bond donors (Lipinski definition) is 2. The van der Waals surface area contributed by atoms with E-state index in [1.165, 1.54) is 0 Å². The highest BCUT2D eigenvalue weighted by Crippen LogP contribution is 2.19. The first-order chi connectivity index (χ1) is 10.3. The van der Waals surface area contributed by atoms with Crippen LogP contribution in [0.25, 0.3) is 11.0 Å². The van der Waals surface area contributed by atoms with Crippen molar-refractivity contribution in [2.24, 2.45) is 0 Å². The molecule has 1 heterocycles. The van der Waals surface area contributed by atoms with Gasteiger partial charge in [-0.25, -0.2) is 4.98 Å². The van der Waals surface area contributed by atoms with Gasteiger partial charge in [-0.15, -0.1) is 0 Å². The topological polar surface area (TPSA) is 68.2 Å². The van der Waals surface area contributed by atoms with Crippen LogP contribution in [0.4, 0.5) is 5.95 Å². The summed E-state index contributed by atoms with van der Waals surface area (Å²) in [4.78, 5) is 16.6. The zero-order valence-electron chi connectivity index (χ0n) is 12.6. The number of ether oxygens (including phenoxy) is 1.